The lowest BCUT2D eigenvalue weighted by atomic mass is 10.0. The van der Waals surface area contributed by atoms with Crippen molar-refractivity contribution in [2.24, 2.45) is 11.3 Å². The van der Waals surface area contributed by atoms with Crippen LogP contribution in [-0.4, -0.2) is 43.6 Å². The van der Waals surface area contributed by atoms with Gasteiger partial charge in [-0.15, -0.1) is 0 Å². The van der Waals surface area contributed by atoms with Crippen molar-refractivity contribution in [2.75, 3.05) is 20.1 Å². The van der Waals surface area contributed by atoms with Crippen LogP contribution in [0.25, 0.3) is 0 Å². The van der Waals surface area contributed by atoms with E-state index in [1.807, 2.05) is 6.92 Å². The Balaban J connectivity index is 2.29. The van der Waals surface area contributed by atoms with E-state index in [1.165, 1.54) is 7.05 Å². The van der Waals surface area contributed by atoms with Crippen molar-refractivity contribution < 1.29 is 19.1 Å². The molecule has 0 aliphatic heterocycles. The number of rotatable bonds is 6. The predicted molar refractivity (Wildman–Crippen MR) is 82.1 cm³/mol. The normalized spacial score (nSPS) is 17.1. The van der Waals surface area contributed by atoms with Crippen LogP contribution in [0.3, 0.4) is 0 Å². The van der Waals surface area contributed by atoms with E-state index in [-0.39, 0.29) is 17.7 Å². The van der Waals surface area contributed by atoms with Gasteiger partial charge >= 0.3 is 6.09 Å². The van der Waals surface area contributed by atoms with Crippen molar-refractivity contribution in [3.8, 4) is 0 Å². The van der Waals surface area contributed by atoms with Crippen LogP contribution < -0.4 is 16.0 Å². The van der Waals surface area contributed by atoms with Gasteiger partial charge in [0.2, 0.25) is 11.8 Å². The summed E-state index contributed by atoms with van der Waals surface area (Å²) in [5.41, 5.74) is -1.42. The first-order valence-corrected chi connectivity index (χ1v) is 7.58. The zero-order chi connectivity index (χ0) is 17.0. The van der Waals surface area contributed by atoms with E-state index in [0.717, 1.165) is 0 Å². The van der Waals surface area contributed by atoms with E-state index in [0.29, 0.717) is 25.9 Å². The van der Waals surface area contributed by atoms with Crippen LogP contribution in [0.4, 0.5) is 4.79 Å². The Kier molecular flexibility index (Phi) is 5.79. The lowest BCUT2D eigenvalue weighted by Gasteiger charge is -2.21. The molecule has 1 atom stereocenters. The number of alkyl carbamates (subject to hydrolysis) is 1. The largest absolute Gasteiger partial charge is 0.444 e. The molecule has 0 bridgehead atoms. The number of ether oxygens (including phenoxy) is 1. The quantitative estimate of drug-likeness (QED) is 0.632. The van der Waals surface area contributed by atoms with E-state index in [4.69, 9.17) is 4.74 Å². The average molecular weight is 313 g/mol. The molecule has 1 fully saturated rings. The van der Waals surface area contributed by atoms with Gasteiger partial charge in [-0.1, -0.05) is 6.92 Å². The van der Waals surface area contributed by atoms with E-state index >= 15 is 0 Å². The second-order valence-electron chi connectivity index (χ2n) is 6.86. The van der Waals surface area contributed by atoms with Crippen LogP contribution >= 0.6 is 0 Å². The lowest BCUT2D eigenvalue weighted by molar-refractivity contribution is -0.137. The molecule has 1 aliphatic carbocycles. The van der Waals surface area contributed by atoms with Gasteiger partial charge in [0, 0.05) is 20.1 Å². The molecule has 1 rings (SSSR count). The molecule has 7 nitrogen and oxygen atoms in total. The van der Waals surface area contributed by atoms with Crippen molar-refractivity contribution in [1.82, 2.24) is 16.0 Å². The summed E-state index contributed by atoms with van der Waals surface area (Å²) >= 11 is 0. The van der Waals surface area contributed by atoms with Gasteiger partial charge in [0.05, 0.1) is 0 Å². The van der Waals surface area contributed by atoms with Crippen molar-refractivity contribution >= 4 is 17.9 Å². The Morgan fingerprint density at radius 2 is 1.64 bits per heavy atom. The highest BCUT2D eigenvalue weighted by Gasteiger charge is 2.55. The Bertz CT molecular complexity index is 439. The van der Waals surface area contributed by atoms with Crippen molar-refractivity contribution in [2.45, 2.75) is 46.1 Å². The van der Waals surface area contributed by atoms with Crippen molar-refractivity contribution in [1.29, 1.82) is 0 Å². The molecule has 0 aromatic rings. The fraction of sp³-hybridized carbons (Fsp3) is 0.800. The van der Waals surface area contributed by atoms with Crippen LogP contribution in [-0.2, 0) is 14.3 Å². The van der Waals surface area contributed by atoms with Gasteiger partial charge in [-0.25, -0.2) is 4.79 Å². The maximum atomic E-state index is 12.1. The highest BCUT2D eigenvalue weighted by Crippen LogP contribution is 2.45. The second-order valence-corrected chi connectivity index (χ2v) is 6.86. The summed E-state index contributed by atoms with van der Waals surface area (Å²) in [6.07, 6.45) is 0.696. The van der Waals surface area contributed by atoms with E-state index in [1.54, 1.807) is 20.8 Å². The molecule has 0 aromatic carbocycles. The van der Waals surface area contributed by atoms with Gasteiger partial charge in [0.15, 0.2) is 0 Å². The van der Waals surface area contributed by atoms with Gasteiger partial charge < -0.3 is 20.7 Å². The van der Waals surface area contributed by atoms with E-state index < -0.39 is 17.1 Å². The topological polar surface area (TPSA) is 96.5 Å². The summed E-state index contributed by atoms with van der Waals surface area (Å²) in [7, 11) is 1.53. The van der Waals surface area contributed by atoms with Gasteiger partial charge in [-0.2, -0.15) is 0 Å². The number of nitrogens with one attached hydrogen (secondary N) is 3. The Hall–Kier alpha value is -1.79. The molecule has 0 spiro atoms. The summed E-state index contributed by atoms with van der Waals surface area (Å²) in [6, 6.07) is 0. The molecule has 3 N–H and O–H groups in total. The molecule has 0 heterocycles. The van der Waals surface area contributed by atoms with Crippen LogP contribution in [0.1, 0.15) is 40.5 Å². The number of hydrogen-bond acceptors (Lipinski definition) is 4. The first-order chi connectivity index (χ1) is 10.1. The molecule has 0 aromatic heterocycles. The summed E-state index contributed by atoms with van der Waals surface area (Å²) in [5.74, 6) is -0.433. The number of carbonyl (C=O) groups excluding carboxylic acids is 3. The number of hydrogen-bond donors (Lipinski definition) is 3. The summed E-state index contributed by atoms with van der Waals surface area (Å²) < 4.78 is 5.13. The molecule has 126 valence electrons. The number of carbonyl (C=O) groups is 3. The summed E-state index contributed by atoms with van der Waals surface area (Å²) in [5, 5.41) is 7.96. The standard InChI is InChI=1S/C15H27N3O4/c1-10(9-18-13(21)22-14(2,3)4)8-17-12(20)15(6-7-15)11(19)16-5/h10H,6-9H2,1-5H3,(H,16,19)(H,17,20)(H,18,21). The molecule has 3 amide bonds. The molecule has 7 heteroatoms. The second kappa shape index (κ2) is 6.98. The predicted octanol–water partition coefficient (Wildman–Crippen LogP) is 0.790. The number of amides is 3. The monoisotopic (exact) mass is 313 g/mol. The maximum Gasteiger partial charge on any atom is 0.407 e. The van der Waals surface area contributed by atoms with Gasteiger partial charge in [0.25, 0.3) is 0 Å². The zero-order valence-corrected chi connectivity index (χ0v) is 14.0. The lowest BCUT2D eigenvalue weighted by Crippen LogP contribution is -2.44. The van der Waals surface area contributed by atoms with E-state index in [2.05, 4.69) is 16.0 Å². The third kappa shape index (κ3) is 5.20. The van der Waals surface area contributed by atoms with Gasteiger partial charge in [-0.3, -0.25) is 9.59 Å². The van der Waals surface area contributed by atoms with Gasteiger partial charge in [0.1, 0.15) is 11.0 Å². The molecular formula is C15H27N3O4. The van der Waals surface area contributed by atoms with Crippen LogP contribution in [0.2, 0.25) is 0 Å². The first kappa shape index (κ1) is 18.3. The average Bonchev–Trinajstić information content (AvgIpc) is 3.21. The van der Waals surface area contributed by atoms with Crippen LogP contribution in [0, 0.1) is 11.3 Å². The van der Waals surface area contributed by atoms with Crippen LogP contribution in [0.15, 0.2) is 0 Å². The Morgan fingerprint density at radius 3 is 2.09 bits per heavy atom. The minimum atomic E-state index is -0.882. The fourth-order valence-electron chi connectivity index (χ4n) is 2.00. The molecule has 1 unspecified atom stereocenters. The minimum Gasteiger partial charge on any atom is -0.444 e. The van der Waals surface area contributed by atoms with Crippen molar-refractivity contribution in [3.63, 3.8) is 0 Å². The molecule has 0 radical (unpaired) electrons. The third-order valence-electron chi connectivity index (χ3n) is 3.45. The highest BCUT2D eigenvalue weighted by atomic mass is 16.6. The first-order valence-electron chi connectivity index (χ1n) is 7.58. The van der Waals surface area contributed by atoms with Gasteiger partial charge in [-0.05, 0) is 39.5 Å². The fourth-order valence-corrected chi connectivity index (χ4v) is 2.00. The smallest absolute Gasteiger partial charge is 0.407 e. The summed E-state index contributed by atoms with van der Waals surface area (Å²) in [6.45, 7) is 8.07. The highest BCUT2D eigenvalue weighted by molar-refractivity contribution is 6.07. The Morgan fingerprint density at radius 1 is 1.09 bits per heavy atom. The molecular weight excluding hydrogens is 286 g/mol. The molecule has 0 saturated heterocycles. The van der Waals surface area contributed by atoms with Crippen LogP contribution in [0.5, 0.6) is 0 Å². The molecule has 1 aliphatic rings. The third-order valence-corrected chi connectivity index (χ3v) is 3.45. The summed E-state index contributed by atoms with van der Waals surface area (Å²) in [4.78, 5) is 35.3. The maximum absolute atomic E-state index is 12.1. The van der Waals surface area contributed by atoms with E-state index in [9.17, 15) is 14.4 Å². The molecule has 22 heavy (non-hydrogen) atoms. The zero-order valence-electron chi connectivity index (χ0n) is 14.0. The molecule has 1 saturated carbocycles. The Labute approximate surface area is 131 Å². The minimum absolute atomic E-state index is 0.0388. The SMILES string of the molecule is CNC(=O)C1(C(=O)NCC(C)CNC(=O)OC(C)(C)C)CC1. The van der Waals surface area contributed by atoms with Crippen molar-refractivity contribution in [3.05, 3.63) is 0 Å².